The number of carboxylic acid groups (broad SMARTS) is 1. The van der Waals surface area contributed by atoms with Crippen LogP contribution in [0.4, 0.5) is 0 Å². The smallest absolute Gasteiger partial charge is 0.371 e. The molecule has 0 spiro atoms. The summed E-state index contributed by atoms with van der Waals surface area (Å²) in [6.45, 7) is 0.274. The number of rotatable bonds is 6. The van der Waals surface area contributed by atoms with E-state index in [1.807, 2.05) is 0 Å². The topological polar surface area (TPSA) is 102 Å². The van der Waals surface area contributed by atoms with Crippen molar-refractivity contribution in [2.24, 2.45) is 7.05 Å². The first kappa shape index (κ1) is 18.8. The van der Waals surface area contributed by atoms with Crippen LogP contribution in [0.5, 0.6) is 0 Å². The van der Waals surface area contributed by atoms with Crippen molar-refractivity contribution in [2.45, 2.75) is 13.1 Å². The Balaban J connectivity index is 1.66. The molecule has 29 heavy (non-hydrogen) atoms. The second-order valence-electron chi connectivity index (χ2n) is 6.46. The first-order chi connectivity index (χ1) is 13.9. The molecule has 0 saturated heterocycles. The highest BCUT2D eigenvalue weighted by atomic mass is 35.5. The van der Waals surface area contributed by atoms with Crippen LogP contribution in [-0.4, -0.2) is 31.4 Å². The lowest BCUT2D eigenvalue weighted by Crippen LogP contribution is -2.29. The Morgan fingerprint density at radius 2 is 1.97 bits per heavy atom. The van der Waals surface area contributed by atoms with E-state index >= 15 is 0 Å². The first-order valence-electron chi connectivity index (χ1n) is 8.68. The third-order valence-electron chi connectivity index (χ3n) is 4.51. The van der Waals surface area contributed by atoms with Gasteiger partial charge in [-0.05, 0) is 54.1 Å². The van der Waals surface area contributed by atoms with Gasteiger partial charge >= 0.3 is 5.97 Å². The first-order valence-corrected chi connectivity index (χ1v) is 9.06. The lowest BCUT2D eigenvalue weighted by Gasteiger charge is -2.21. The van der Waals surface area contributed by atoms with Gasteiger partial charge < -0.3 is 23.4 Å². The monoisotopic (exact) mass is 413 g/mol. The van der Waals surface area contributed by atoms with Gasteiger partial charge in [0.25, 0.3) is 5.91 Å². The number of halogens is 1. The maximum atomic E-state index is 13.2. The molecule has 0 fully saturated rings. The summed E-state index contributed by atoms with van der Waals surface area (Å²) in [5.41, 5.74) is 1.85. The summed E-state index contributed by atoms with van der Waals surface area (Å²) >= 11 is 6.06. The van der Waals surface area contributed by atoms with E-state index in [1.165, 1.54) is 23.3 Å². The molecule has 0 aliphatic carbocycles. The average Bonchev–Trinajstić information content (AvgIpc) is 3.43. The molecule has 8 nitrogen and oxygen atoms in total. The molecule has 0 unspecified atom stereocenters. The van der Waals surface area contributed by atoms with E-state index in [1.54, 1.807) is 41.9 Å². The van der Waals surface area contributed by atoms with E-state index in [9.17, 15) is 9.59 Å². The molecular formula is C20H16ClN3O5. The molecule has 0 bridgehead atoms. The average molecular weight is 414 g/mol. The lowest BCUT2D eigenvalue weighted by molar-refractivity contribution is 0.0653. The summed E-state index contributed by atoms with van der Waals surface area (Å²) in [7, 11) is 1.77. The van der Waals surface area contributed by atoms with Gasteiger partial charge in [0, 0.05) is 12.6 Å². The van der Waals surface area contributed by atoms with E-state index < -0.39 is 5.97 Å². The molecule has 1 amide bonds. The van der Waals surface area contributed by atoms with Crippen LogP contribution in [0.3, 0.4) is 0 Å². The highest BCUT2D eigenvalue weighted by Crippen LogP contribution is 2.22. The van der Waals surface area contributed by atoms with Crippen LogP contribution in [0.25, 0.3) is 11.0 Å². The number of aromatic carboxylic acids is 1. The van der Waals surface area contributed by atoms with Crippen LogP contribution in [0.1, 0.15) is 32.4 Å². The van der Waals surface area contributed by atoms with Crippen LogP contribution >= 0.6 is 11.6 Å². The zero-order valence-electron chi connectivity index (χ0n) is 15.3. The van der Waals surface area contributed by atoms with Crippen molar-refractivity contribution in [3.63, 3.8) is 0 Å². The van der Waals surface area contributed by atoms with Crippen molar-refractivity contribution in [2.75, 3.05) is 0 Å². The number of hydrogen-bond donors (Lipinski definition) is 1. The van der Waals surface area contributed by atoms with Crippen molar-refractivity contribution in [1.29, 1.82) is 0 Å². The molecule has 148 valence electrons. The Morgan fingerprint density at radius 1 is 1.17 bits per heavy atom. The minimum atomic E-state index is -1.17. The van der Waals surface area contributed by atoms with Crippen molar-refractivity contribution in [3.05, 3.63) is 76.9 Å². The van der Waals surface area contributed by atoms with Gasteiger partial charge in [0.15, 0.2) is 0 Å². The van der Waals surface area contributed by atoms with Crippen LogP contribution < -0.4 is 0 Å². The van der Waals surface area contributed by atoms with Crippen molar-refractivity contribution >= 4 is 34.5 Å². The van der Waals surface area contributed by atoms with Crippen molar-refractivity contribution in [3.8, 4) is 0 Å². The predicted molar refractivity (Wildman–Crippen MR) is 104 cm³/mol. The second kappa shape index (κ2) is 7.48. The Kier molecular flexibility index (Phi) is 4.85. The Morgan fingerprint density at radius 3 is 2.66 bits per heavy atom. The van der Waals surface area contributed by atoms with Gasteiger partial charge in [-0.1, -0.05) is 0 Å². The maximum Gasteiger partial charge on any atom is 0.371 e. The summed E-state index contributed by atoms with van der Waals surface area (Å²) in [5, 5.41) is 9.37. The third kappa shape index (κ3) is 3.74. The highest BCUT2D eigenvalue weighted by molar-refractivity contribution is 6.29. The molecule has 1 aromatic carbocycles. The molecule has 4 aromatic rings. The molecule has 9 heteroatoms. The minimum Gasteiger partial charge on any atom is -0.475 e. The number of aryl methyl sites for hydroxylation is 1. The predicted octanol–water partition coefficient (Wildman–Crippen LogP) is 3.95. The van der Waals surface area contributed by atoms with E-state index in [0.717, 1.165) is 5.52 Å². The molecule has 0 aliphatic rings. The molecule has 3 heterocycles. The Bertz CT molecular complexity index is 1190. The number of amides is 1. The fraction of sp³-hybridized carbons (Fsp3) is 0.150. The number of furan rings is 2. The van der Waals surface area contributed by atoms with Crippen LogP contribution in [0, 0.1) is 0 Å². The SMILES string of the molecule is Cn1c(Cl)nc2ccc(C(=O)N(Cc3ccco3)Cc3ccc(C(=O)O)o3)cc21. The number of imidazole rings is 1. The largest absolute Gasteiger partial charge is 0.475 e. The van der Waals surface area contributed by atoms with Gasteiger partial charge in [-0.3, -0.25) is 4.79 Å². The second-order valence-corrected chi connectivity index (χ2v) is 6.79. The molecule has 0 radical (unpaired) electrons. The van der Waals surface area contributed by atoms with Gasteiger partial charge in [0.1, 0.15) is 11.5 Å². The van der Waals surface area contributed by atoms with E-state index in [4.69, 9.17) is 25.5 Å². The molecular weight excluding hydrogens is 398 g/mol. The summed E-state index contributed by atoms with van der Waals surface area (Å²) in [6, 6.07) is 11.5. The van der Waals surface area contributed by atoms with E-state index in [-0.39, 0.29) is 24.8 Å². The fourth-order valence-electron chi connectivity index (χ4n) is 3.03. The third-order valence-corrected chi connectivity index (χ3v) is 4.84. The van der Waals surface area contributed by atoms with Gasteiger partial charge in [-0.2, -0.15) is 0 Å². The molecule has 0 atom stereocenters. The standard InChI is InChI=1S/C20H16ClN3O5/c1-23-16-9-12(4-6-15(16)22-20(23)21)18(25)24(10-13-3-2-8-28-13)11-14-5-7-17(29-14)19(26)27/h2-9H,10-11H2,1H3,(H,26,27). The van der Waals surface area contributed by atoms with E-state index in [2.05, 4.69) is 4.98 Å². The summed E-state index contributed by atoms with van der Waals surface area (Å²) in [4.78, 5) is 30.0. The van der Waals surface area contributed by atoms with Gasteiger partial charge in [0.2, 0.25) is 11.0 Å². The van der Waals surface area contributed by atoms with Crippen LogP contribution in [-0.2, 0) is 20.1 Å². The minimum absolute atomic E-state index is 0.0804. The number of hydrogen-bond acceptors (Lipinski definition) is 5. The number of nitrogens with zero attached hydrogens (tertiary/aromatic N) is 3. The Labute approximate surface area is 169 Å². The van der Waals surface area contributed by atoms with Gasteiger partial charge in [-0.15, -0.1) is 0 Å². The van der Waals surface area contributed by atoms with Crippen LogP contribution in [0.2, 0.25) is 5.28 Å². The number of aromatic nitrogens is 2. The molecule has 4 rings (SSSR count). The molecule has 1 N–H and O–H groups in total. The summed E-state index contributed by atoms with van der Waals surface area (Å²) < 4.78 is 12.4. The molecule has 0 saturated carbocycles. The number of carboxylic acids is 1. The zero-order chi connectivity index (χ0) is 20.5. The number of benzene rings is 1. The Hall–Kier alpha value is -3.52. The number of carbonyl (C=O) groups is 2. The normalized spacial score (nSPS) is 11.1. The van der Waals surface area contributed by atoms with Gasteiger partial charge in [-0.25, -0.2) is 9.78 Å². The van der Waals surface area contributed by atoms with E-state index in [0.29, 0.717) is 27.9 Å². The molecule has 3 aromatic heterocycles. The van der Waals surface area contributed by atoms with Gasteiger partial charge in [0.05, 0.1) is 30.4 Å². The lowest BCUT2D eigenvalue weighted by atomic mass is 10.1. The fourth-order valence-corrected chi connectivity index (χ4v) is 3.21. The van der Waals surface area contributed by atoms with Crippen molar-refractivity contribution < 1.29 is 23.5 Å². The number of carbonyl (C=O) groups excluding carboxylic acids is 1. The highest BCUT2D eigenvalue weighted by Gasteiger charge is 2.21. The quantitative estimate of drug-likeness (QED) is 0.513. The summed E-state index contributed by atoms with van der Waals surface area (Å²) in [6.07, 6.45) is 1.52. The maximum absolute atomic E-state index is 13.2. The summed E-state index contributed by atoms with van der Waals surface area (Å²) in [5.74, 6) is -0.677. The van der Waals surface area contributed by atoms with Crippen LogP contribution in [0.15, 0.2) is 57.6 Å². The number of fused-ring (bicyclic) bond motifs is 1. The van der Waals surface area contributed by atoms with Crippen molar-refractivity contribution in [1.82, 2.24) is 14.5 Å². The zero-order valence-corrected chi connectivity index (χ0v) is 16.1. The molecule has 0 aliphatic heterocycles.